The molecule has 12 aromatic rings. The Morgan fingerprint density at radius 1 is 0.257 bits per heavy atom. The van der Waals surface area contributed by atoms with Gasteiger partial charge in [-0.3, -0.25) is 0 Å². The zero-order valence-electron chi connectivity index (χ0n) is 39.8. The topological polar surface area (TPSA) is 9.86 Å². The number of rotatable bonds is 6. The minimum absolute atomic E-state index is 0.0778. The highest BCUT2D eigenvalue weighted by molar-refractivity contribution is 5.97. The molecule has 0 bridgehead atoms. The van der Waals surface area contributed by atoms with Crippen LogP contribution in [0.15, 0.2) is 231 Å². The van der Waals surface area contributed by atoms with Gasteiger partial charge in [0.2, 0.25) is 0 Å². The van der Waals surface area contributed by atoms with Crippen molar-refractivity contribution in [3.05, 3.63) is 253 Å². The SMILES string of the molecule is CC1(C)c2ccccc2-c2ccc(-c3cccc(-c4cc5c(cc(-c6cccc(-c7ccc8c(c7)C(C)(C)c7ccccc7-8)c6)n5-c5ccc6ccccc6c5)n4-c4ccc5ccccc5c4)c3)cc21. The average molecular weight is 895 g/mol. The molecule has 0 N–H and O–H groups in total. The van der Waals surface area contributed by atoms with Crippen LogP contribution < -0.4 is 0 Å². The fourth-order valence-corrected chi connectivity index (χ4v) is 12.3. The molecule has 332 valence electrons. The van der Waals surface area contributed by atoms with Gasteiger partial charge in [0.15, 0.2) is 0 Å². The van der Waals surface area contributed by atoms with Gasteiger partial charge in [-0.25, -0.2) is 0 Å². The summed E-state index contributed by atoms with van der Waals surface area (Å²) in [6, 6.07) is 86.3. The van der Waals surface area contributed by atoms with Gasteiger partial charge in [0.25, 0.3) is 0 Å². The fourth-order valence-electron chi connectivity index (χ4n) is 12.3. The molecule has 14 rings (SSSR count). The molecule has 2 heterocycles. The van der Waals surface area contributed by atoms with Gasteiger partial charge >= 0.3 is 0 Å². The third-order valence-electron chi connectivity index (χ3n) is 15.9. The minimum atomic E-state index is -0.0778. The number of fused-ring (bicyclic) bond motifs is 9. The molecular formula is C68H50N2. The van der Waals surface area contributed by atoms with Crippen LogP contribution in [0.25, 0.3) is 111 Å². The fraction of sp³-hybridized carbons (Fsp3) is 0.0882. The highest BCUT2D eigenvalue weighted by Crippen LogP contribution is 2.51. The van der Waals surface area contributed by atoms with E-state index in [1.165, 1.54) is 99.4 Å². The Hall–Kier alpha value is -8.46. The predicted octanol–water partition coefficient (Wildman–Crippen LogP) is 18.0. The number of aromatic nitrogens is 2. The normalized spacial score (nSPS) is 13.9. The van der Waals surface area contributed by atoms with Crippen LogP contribution in [0.4, 0.5) is 0 Å². The van der Waals surface area contributed by atoms with E-state index in [0.717, 1.165) is 33.8 Å². The van der Waals surface area contributed by atoms with E-state index in [4.69, 9.17) is 0 Å². The van der Waals surface area contributed by atoms with Crippen LogP contribution in [0.2, 0.25) is 0 Å². The van der Waals surface area contributed by atoms with Crippen LogP contribution in [0.3, 0.4) is 0 Å². The molecule has 0 amide bonds. The summed E-state index contributed by atoms with van der Waals surface area (Å²) in [5.41, 5.74) is 24.8. The molecule has 0 spiro atoms. The highest BCUT2D eigenvalue weighted by atomic mass is 15.1. The summed E-state index contributed by atoms with van der Waals surface area (Å²) < 4.78 is 4.99. The molecule has 0 radical (unpaired) electrons. The van der Waals surface area contributed by atoms with E-state index < -0.39 is 0 Å². The molecule has 2 aromatic heterocycles. The first-order valence-corrected chi connectivity index (χ1v) is 24.7. The zero-order valence-corrected chi connectivity index (χ0v) is 39.8. The Morgan fingerprint density at radius 3 is 1.09 bits per heavy atom. The first-order valence-electron chi connectivity index (χ1n) is 24.7. The standard InChI is InChI=1S/C68H50N2/c1-67(2)59-25-11-9-23-55(59)57-33-29-49(39-61(57)67)45-19-13-21-51(35-45)63-41-65-66(69(63)53-31-27-43-15-5-7-17-47(43)37-53)42-64(70(65)54-32-28-44-16-6-8-18-48(44)38-54)52-22-14-20-46(36-52)50-30-34-58-56-24-10-12-26-60(56)68(3,4)62(58)40-50/h5-42H,1-4H3. The minimum Gasteiger partial charge on any atom is -0.308 e. The molecule has 0 saturated heterocycles. The van der Waals surface area contributed by atoms with Crippen molar-refractivity contribution >= 4 is 32.6 Å². The molecule has 2 aliphatic rings. The van der Waals surface area contributed by atoms with Crippen LogP contribution in [0, 0.1) is 0 Å². The Balaban J connectivity index is 0.970. The van der Waals surface area contributed by atoms with Crippen molar-refractivity contribution in [1.82, 2.24) is 9.13 Å². The number of hydrogen-bond acceptors (Lipinski definition) is 0. The average Bonchev–Trinajstić information content (AvgIpc) is 4.10. The smallest absolute Gasteiger partial charge is 0.0724 e. The molecule has 0 aliphatic heterocycles. The number of benzene rings is 10. The monoisotopic (exact) mass is 894 g/mol. The van der Waals surface area contributed by atoms with Gasteiger partial charge in [-0.1, -0.05) is 198 Å². The molecule has 0 atom stereocenters. The van der Waals surface area contributed by atoms with Crippen molar-refractivity contribution in [2.24, 2.45) is 0 Å². The summed E-state index contributed by atoms with van der Waals surface area (Å²) in [4.78, 5) is 0. The quantitative estimate of drug-likeness (QED) is 0.157. The van der Waals surface area contributed by atoms with Crippen molar-refractivity contribution in [3.8, 4) is 78.4 Å². The predicted molar refractivity (Wildman–Crippen MR) is 294 cm³/mol. The van der Waals surface area contributed by atoms with Crippen molar-refractivity contribution in [2.45, 2.75) is 38.5 Å². The van der Waals surface area contributed by atoms with Gasteiger partial charge in [0, 0.05) is 22.2 Å². The van der Waals surface area contributed by atoms with Crippen LogP contribution in [-0.4, -0.2) is 9.13 Å². The van der Waals surface area contributed by atoms with Gasteiger partial charge in [-0.2, -0.15) is 0 Å². The van der Waals surface area contributed by atoms with E-state index in [1.807, 2.05) is 0 Å². The van der Waals surface area contributed by atoms with Crippen LogP contribution in [0.1, 0.15) is 49.9 Å². The van der Waals surface area contributed by atoms with Gasteiger partial charge < -0.3 is 9.13 Å². The molecule has 0 fully saturated rings. The van der Waals surface area contributed by atoms with Crippen LogP contribution in [0.5, 0.6) is 0 Å². The second kappa shape index (κ2) is 15.0. The molecule has 0 unspecified atom stereocenters. The van der Waals surface area contributed by atoms with Crippen LogP contribution in [-0.2, 0) is 10.8 Å². The lowest BCUT2D eigenvalue weighted by molar-refractivity contribution is 0.660. The zero-order chi connectivity index (χ0) is 46.9. The van der Waals surface area contributed by atoms with Gasteiger partial charge in [0.1, 0.15) is 0 Å². The summed E-state index contributed by atoms with van der Waals surface area (Å²) in [7, 11) is 0. The number of hydrogen-bond donors (Lipinski definition) is 0. The summed E-state index contributed by atoms with van der Waals surface area (Å²) in [6.07, 6.45) is 0. The molecule has 70 heavy (non-hydrogen) atoms. The summed E-state index contributed by atoms with van der Waals surface area (Å²) in [5, 5.41) is 4.88. The first kappa shape index (κ1) is 40.6. The maximum absolute atomic E-state index is 2.49. The Bertz CT molecular complexity index is 3860. The van der Waals surface area contributed by atoms with E-state index in [9.17, 15) is 0 Å². The summed E-state index contributed by atoms with van der Waals surface area (Å²) >= 11 is 0. The van der Waals surface area contributed by atoms with Crippen molar-refractivity contribution in [3.63, 3.8) is 0 Å². The lowest BCUT2D eigenvalue weighted by Crippen LogP contribution is -2.14. The van der Waals surface area contributed by atoms with E-state index in [-0.39, 0.29) is 10.8 Å². The lowest BCUT2D eigenvalue weighted by Gasteiger charge is -2.22. The third-order valence-corrected chi connectivity index (χ3v) is 15.9. The van der Waals surface area contributed by atoms with Gasteiger partial charge in [-0.15, -0.1) is 0 Å². The van der Waals surface area contributed by atoms with Crippen molar-refractivity contribution in [2.75, 3.05) is 0 Å². The van der Waals surface area contributed by atoms with Crippen molar-refractivity contribution in [1.29, 1.82) is 0 Å². The second-order valence-corrected chi connectivity index (χ2v) is 20.6. The summed E-state index contributed by atoms with van der Waals surface area (Å²) in [5.74, 6) is 0. The van der Waals surface area contributed by atoms with E-state index in [2.05, 4.69) is 267 Å². The molecule has 2 nitrogen and oxygen atoms in total. The highest BCUT2D eigenvalue weighted by Gasteiger charge is 2.36. The Kier molecular flexibility index (Phi) is 8.71. The maximum Gasteiger partial charge on any atom is 0.0724 e. The van der Waals surface area contributed by atoms with Crippen molar-refractivity contribution < 1.29 is 0 Å². The van der Waals surface area contributed by atoms with E-state index in [1.54, 1.807) is 0 Å². The lowest BCUT2D eigenvalue weighted by atomic mass is 9.81. The first-order chi connectivity index (χ1) is 34.2. The molecule has 0 saturated carbocycles. The second-order valence-electron chi connectivity index (χ2n) is 20.6. The molecule has 10 aromatic carbocycles. The molecule has 2 aliphatic carbocycles. The molecule has 2 heteroatoms. The third kappa shape index (κ3) is 6.06. The largest absolute Gasteiger partial charge is 0.308 e. The van der Waals surface area contributed by atoms with Crippen LogP contribution >= 0.6 is 0 Å². The Morgan fingerprint density at radius 2 is 0.629 bits per heavy atom. The number of nitrogens with zero attached hydrogens (tertiary/aromatic N) is 2. The Labute approximate surface area is 409 Å². The molecular weight excluding hydrogens is 845 g/mol. The van der Waals surface area contributed by atoms with E-state index in [0.29, 0.717) is 0 Å². The van der Waals surface area contributed by atoms with E-state index >= 15 is 0 Å². The summed E-state index contributed by atoms with van der Waals surface area (Å²) in [6.45, 7) is 9.45. The van der Waals surface area contributed by atoms with Gasteiger partial charge in [-0.05, 0) is 160 Å². The van der Waals surface area contributed by atoms with Gasteiger partial charge in [0.05, 0.1) is 22.4 Å². The maximum atomic E-state index is 2.49.